The molecule has 13 atom stereocenters. The van der Waals surface area contributed by atoms with Crippen molar-refractivity contribution in [2.24, 2.45) is 23.2 Å². The van der Waals surface area contributed by atoms with Crippen LogP contribution in [0.2, 0.25) is 0 Å². The number of amides is 1. The number of rotatable bonds is 8. The van der Waals surface area contributed by atoms with Gasteiger partial charge in [-0.15, -0.1) is 0 Å². The summed E-state index contributed by atoms with van der Waals surface area (Å²) < 4.78 is 32.0. The van der Waals surface area contributed by atoms with Crippen molar-refractivity contribution in [1.82, 2.24) is 20.9 Å². The Labute approximate surface area is 292 Å². The molecular formula is C36H62N4O9. The number of ether oxygens (including phenoxy) is 5. The first-order valence-corrected chi connectivity index (χ1v) is 18.5. The lowest BCUT2D eigenvalue weighted by atomic mass is 9.70. The fourth-order valence-electron chi connectivity index (χ4n) is 8.68. The predicted octanol–water partition coefficient (Wildman–Crippen LogP) is 2.37. The summed E-state index contributed by atoms with van der Waals surface area (Å²) in [7, 11) is 3.88. The molecular weight excluding hydrogens is 632 g/mol. The molecule has 0 aromatic rings. The normalized spacial score (nSPS) is 45.5. The number of nitrogens with one attached hydrogen (secondary N) is 3. The molecule has 1 saturated carbocycles. The average molecular weight is 695 g/mol. The maximum Gasteiger partial charge on any atom is 0.408 e. The van der Waals surface area contributed by atoms with Gasteiger partial charge >= 0.3 is 12.1 Å². The Morgan fingerprint density at radius 2 is 1.80 bits per heavy atom. The van der Waals surface area contributed by atoms with Crippen LogP contribution in [-0.4, -0.2) is 128 Å². The summed E-state index contributed by atoms with van der Waals surface area (Å²) in [5.74, 6) is -1.05. The molecule has 49 heavy (non-hydrogen) atoms. The molecule has 5 saturated heterocycles. The van der Waals surface area contributed by atoms with Gasteiger partial charge in [-0.1, -0.05) is 20.8 Å². The minimum atomic E-state index is -1.55. The maximum absolute atomic E-state index is 14.7. The molecule has 0 aromatic heterocycles. The van der Waals surface area contributed by atoms with E-state index in [0.29, 0.717) is 32.4 Å². The van der Waals surface area contributed by atoms with Crippen molar-refractivity contribution in [2.75, 3.05) is 40.3 Å². The molecule has 1 aliphatic carbocycles. The van der Waals surface area contributed by atoms with Crippen LogP contribution in [0.4, 0.5) is 4.79 Å². The van der Waals surface area contributed by atoms with E-state index >= 15 is 0 Å². The number of hydrogen-bond donors (Lipinski definition) is 4. The van der Waals surface area contributed by atoms with Crippen molar-refractivity contribution in [1.29, 1.82) is 0 Å². The molecule has 2 bridgehead atoms. The molecule has 6 aliphatic rings. The highest BCUT2D eigenvalue weighted by Gasteiger charge is 2.58. The SMILES string of the molecule is CC[C@H]1OC(=O)[C@]2(C)CCO[C@@](C)(C[C@@H](C)CN[C@H](C)[C@H]3NC(=O)O[C@@]31C)[C@H](O[C@@H]1O[C@H](CNCC3CC3)C[C@H](N(C)C)[C@H]1O)[C@@H](C)C2=O. The lowest BCUT2D eigenvalue weighted by Gasteiger charge is -2.49. The molecule has 0 aromatic carbocycles. The van der Waals surface area contributed by atoms with Crippen LogP contribution in [0.1, 0.15) is 87.0 Å². The van der Waals surface area contributed by atoms with Crippen LogP contribution in [0.5, 0.6) is 0 Å². The Bertz CT molecular complexity index is 1200. The number of nitrogens with zero attached hydrogens (tertiary/aromatic N) is 1. The van der Waals surface area contributed by atoms with E-state index in [1.165, 1.54) is 12.8 Å². The minimum Gasteiger partial charge on any atom is -0.457 e. The van der Waals surface area contributed by atoms with Gasteiger partial charge in [-0.25, -0.2) is 4.79 Å². The Morgan fingerprint density at radius 1 is 1.08 bits per heavy atom. The molecule has 5 aliphatic heterocycles. The zero-order chi connectivity index (χ0) is 35.9. The summed E-state index contributed by atoms with van der Waals surface area (Å²) in [6, 6.07) is -0.937. The Balaban J connectivity index is 1.48. The number of aliphatic hydroxyl groups excluding tert-OH is 1. The molecule has 6 fully saturated rings. The topological polar surface area (TPSA) is 157 Å². The number of likely N-dealkylation sites (N-methyl/N-ethyl adjacent to an activating group) is 1. The highest BCUT2D eigenvalue weighted by molar-refractivity contribution is 6.04. The van der Waals surface area contributed by atoms with Crippen molar-refractivity contribution in [3.05, 3.63) is 0 Å². The third-order valence-corrected chi connectivity index (χ3v) is 12.0. The number of fused-ring (bicyclic) bond motifs is 10. The molecule has 0 unspecified atom stereocenters. The van der Waals surface area contributed by atoms with Crippen molar-refractivity contribution in [2.45, 2.75) is 147 Å². The van der Waals surface area contributed by atoms with E-state index in [0.717, 1.165) is 12.5 Å². The van der Waals surface area contributed by atoms with Crippen molar-refractivity contribution in [3.63, 3.8) is 0 Å². The van der Waals surface area contributed by atoms with Gasteiger partial charge in [0.2, 0.25) is 0 Å². The number of esters is 1. The van der Waals surface area contributed by atoms with Gasteiger partial charge in [0.25, 0.3) is 0 Å². The lowest BCUT2D eigenvalue weighted by molar-refractivity contribution is -0.301. The number of hydrogen-bond acceptors (Lipinski definition) is 12. The van der Waals surface area contributed by atoms with Crippen LogP contribution in [0.3, 0.4) is 0 Å². The first-order chi connectivity index (χ1) is 23.0. The molecule has 1 amide bonds. The molecule has 280 valence electrons. The Kier molecular flexibility index (Phi) is 11.7. The fourth-order valence-corrected chi connectivity index (χ4v) is 8.68. The van der Waals surface area contributed by atoms with Gasteiger partial charge in [-0.2, -0.15) is 0 Å². The van der Waals surface area contributed by atoms with Gasteiger partial charge in [0.05, 0.1) is 23.9 Å². The number of carbonyl (C=O) groups is 3. The molecule has 4 N–H and O–H groups in total. The summed E-state index contributed by atoms with van der Waals surface area (Å²) in [4.78, 5) is 43.5. The monoisotopic (exact) mass is 694 g/mol. The molecule has 5 heterocycles. The van der Waals surface area contributed by atoms with E-state index in [4.69, 9.17) is 23.7 Å². The number of alkyl carbamates (subject to hydrolysis) is 1. The summed E-state index contributed by atoms with van der Waals surface area (Å²) in [6.45, 7) is 15.4. The third-order valence-electron chi connectivity index (χ3n) is 12.0. The van der Waals surface area contributed by atoms with Crippen molar-refractivity contribution >= 4 is 17.8 Å². The number of ketones is 1. The third kappa shape index (κ3) is 7.98. The van der Waals surface area contributed by atoms with Crippen molar-refractivity contribution in [3.8, 4) is 0 Å². The number of Topliss-reactive ketones (excluding diaryl/α,β-unsaturated/α-hetero) is 1. The Morgan fingerprint density at radius 3 is 2.45 bits per heavy atom. The van der Waals surface area contributed by atoms with Crippen LogP contribution in [0.25, 0.3) is 0 Å². The van der Waals surface area contributed by atoms with Crippen LogP contribution in [0, 0.1) is 23.2 Å². The predicted molar refractivity (Wildman–Crippen MR) is 182 cm³/mol. The second kappa shape index (κ2) is 15.0. The molecule has 0 spiro atoms. The minimum absolute atomic E-state index is 0.0482. The van der Waals surface area contributed by atoms with E-state index < -0.39 is 65.2 Å². The highest BCUT2D eigenvalue weighted by Crippen LogP contribution is 2.43. The van der Waals surface area contributed by atoms with E-state index in [2.05, 4.69) is 22.9 Å². The molecule has 0 radical (unpaired) electrons. The zero-order valence-electron chi connectivity index (χ0n) is 31.1. The first kappa shape index (κ1) is 38.4. The van der Waals surface area contributed by atoms with Gasteiger partial charge in [-0.3, -0.25) is 9.59 Å². The fraction of sp³-hybridized carbons (Fsp3) is 0.917. The summed E-state index contributed by atoms with van der Waals surface area (Å²) >= 11 is 0. The van der Waals surface area contributed by atoms with Crippen LogP contribution in [-0.2, 0) is 33.3 Å². The van der Waals surface area contributed by atoms with E-state index in [1.807, 2.05) is 39.8 Å². The molecule has 13 heteroatoms. The number of aliphatic hydroxyl groups is 1. The van der Waals surface area contributed by atoms with Crippen molar-refractivity contribution < 1.29 is 43.2 Å². The van der Waals surface area contributed by atoms with Gasteiger partial charge in [0.15, 0.2) is 17.7 Å². The van der Waals surface area contributed by atoms with E-state index in [-0.39, 0.29) is 42.9 Å². The molecule has 6 rings (SSSR count). The quantitative estimate of drug-likeness (QED) is 0.218. The van der Waals surface area contributed by atoms with Crippen LogP contribution in [0.15, 0.2) is 0 Å². The van der Waals surface area contributed by atoms with Gasteiger partial charge < -0.3 is 49.6 Å². The van der Waals surface area contributed by atoms with Gasteiger partial charge in [-0.05, 0) is 105 Å². The Hall–Kier alpha value is -1.87. The molecule has 13 nitrogen and oxygen atoms in total. The zero-order valence-corrected chi connectivity index (χ0v) is 31.1. The second-order valence-electron chi connectivity index (χ2n) is 16.4. The standard InChI is InChI=1S/C36H62N4O9/c1-10-26-36(7)28(39-33(44)49-36)22(4)38-17-20(2)16-35(6)30(21(3)29(42)34(5,13-14-45-35)32(43)47-26)48-31-27(41)25(40(8)9)15-24(46-31)19-37-18-23-11-12-23/h20-28,30-31,37-38,41H,10-19H2,1-9H3,(H,39,44)/t20-,21+,22-,24+,25+,26-,27-,28-,30-,31+,34-,35+,36-/m1/s1. The second-order valence-corrected chi connectivity index (χ2v) is 16.4. The van der Waals surface area contributed by atoms with E-state index in [9.17, 15) is 19.5 Å². The first-order valence-electron chi connectivity index (χ1n) is 18.5. The van der Waals surface area contributed by atoms with Crippen LogP contribution < -0.4 is 16.0 Å². The smallest absolute Gasteiger partial charge is 0.408 e. The lowest BCUT2D eigenvalue weighted by Crippen LogP contribution is -2.62. The largest absolute Gasteiger partial charge is 0.457 e. The van der Waals surface area contributed by atoms with Gasteiger partial charge in [0.1, 0.15) is 17.6 Å². The van der Waals surface area contributed by atoms with E-state index in [1.54, 1.807) is 20.8 Å². The summed E-state index contributed by atoms with van der Waals surface area (Å²) in [5, 5.41) is 21.7. The van der Waals surface area contributed by atoms with Gasteiger partial charge in [0, 0.05) is 31.2 Å². The average Bonchev–Trinajstić information content (AvgIpc) is 3.81. The summed E-state index contributed by atoms with van der Waals surface area (Å²) in [5.41, 5.74) is -3.68. The van der Waals surface area contributed by atoms with Crippen LogP contribution >= 0.6 is 0 Å². The number of carbonyl (C=O) groups excluding carboxylic acids is 3. The highest BCUT2D eigenvalue weighted by atomic mass is 16.7. The maximum atomic E-state index is 14.7. The summed E-state index contributed by atoms with van der Waals surface area (Å²) in [6.07, 6.45) is -0.276.